The number of carbonyl (C=O) groups excluding carboxylic acids is 1. The van der Waals surface area contributed by atoms with E-state index in [2.05, 4.69) is 10.2 Å². The van der Waals surface area contributed by atoms with Crippen LogP contribution in [0.25, 0.3) is 5.69 Å². The Labute approximate surface area is 169 Å². The molecule has 1 aromatic carbocycles. The van der Waals surface area contributed by atoms with Crippen LogP contribution in [0.5, 0.6) is 0 Å². The van der Waals surface area contributed by atoms with Crippen LogP contribution in [0.1, 0.15) is 35.9 Å². The second-order valence-electron chi connectivity index (χ2n) is 7.51. The summed E-state index contributed by atoms with van der Waals surface area (Å²) in [6, 6.07) is 9.43. The Bertz CT molecular complexity index is 1040. The highest BCUT2D eigenvalue weighted by molar-refractivity contribution is 5.94. The number of carbonyl (C=O) groups is 1. The Kier molecular flexibility index (Phi) is 5.33. The van der Waals surface area contributed by atoms with Crippen LogP contribution in [-0.4, -0.2) is 48.0 Å². The number of hydrogen-bond acceptors (Lipinski definition) is 4. The monoisotopic (exact) mass is 394 g/mol. The SMILES string of the molecule is CCn1c(CC2CCN(C(=O)c3cccc(-n4cccn4)c3)CC2)nn(C)c1=O. The van der Waals surface area contributed by atoms with Crippen LogP contribution >= 0.6 is 0 Å². The van der Waals surface area contributed by atoms with E-state index in [1.54, 1.807) is 22.5 Å². The van der Waals surface area contributed by atoms with E-state index < -0.39 is 0 Å². The molecule has 1 saturated heterocycles. The van der Waals surface area contributed by atoms with Crippen molar-refractivity contribution < 1.29 is 4.79 Å². The molecule has 0 spiro atoms. The molecule has 0 radical (unpaired) electrons. The average molecular weight is 394 g/mol. The number of piperidine rings is 1. The highest BCUT2D eigenvalue weighted by atomic mass is 16.2. The summed E-state index contributed by atoms with van der Waals surface area (Å²) in [4.78, 5) is 27.0. The van der Waals surface area contributed by atoms with E-state index >= 15 is 0 Å². The summed E-state index contributed by atoms with van der Waals surface area (Å²) < 4.78 is 4.89. The van der Waals surface area contributed by atoms with Gasteiger partial charge >= 0.3 is 5.69 Å². The maximum absolute atomic E-state index is 13.0. The van der Waals surface area contributed by atoms with E-state index in [1.807, 2.05) is 48.4 Å². The molecule has 1 fully saturated rings. The topological polar surface area (TPSA) is 78.0 Å². The molecule has 1 amide bonds. The van der Waals surface area contributed by atoms with Gasteiger partial charge in [0.2, 0.25) is 0 Å². The molecule has 0 bridgehead atoms. The predicted octanol–water partition coefficient (Wildman–Crippen LogP) is 1.88. The molecule has 1 aliphatic heterocycles. The molecule has 0 unspecified atom stereocenters. The number of aromatic nitrogens is 5. The van der Waals surface area contributed by atoms with Crippen LogP contribution in [0, 0.1) is 5.92 Å². The van der Waals surface area contributed by atoms with Gasteiger partial charge in [0.25, 0.3) is 5.91 Å². The third-order valence-electron chi connectivity index (χ3n) is 5.64. The third kappa shape index (κ3) is 3.87. The van der Waals surface area contributed by atoms with Gasteiger partial charge in [0.15, 0.2) is 0 Å². The number of benzene rings is 1. The Morgan fingerprint density at radius 1 is 1.21 bits per heavy atom. The smallest absolute Gasteiger partial charge is 0.339 e. The van der Waals surface area contributed by atoms with Crippen molar-refractivity contribution in [2.24, 2.45) is 13.0 Å². The van der Waals surface area contributed by atoms with Crippen molar-refractivity contribution in [3.63, 3.8) is 0 Å². The van der Waals surface area contributed by atoms with Crippen molar-refractivity contribution in [2.75, 3.05) is 13.1 Å². The minimum Gasteiger partial charge on any atom is -0.339 e. The van der Waals surface area contributed by atoms with Gasteiger partial charge in [0.05, 0.1) is 5.69 Å². The van der Waals surface area contributed by atoms with Gasteiger partial charge in [-0.3, -0.25) is 9.36 Å². The molecule has 2 aromatic heterocycles. The van der Waals surface area contributed by atoms with Crippen LogP contribution in [-0.2, 0) is 20.0 Å². The lowest BCUT2D eigenvalue weighted by atomic mass is 9.93. The summed E-state index contributed by atoms with van der Waals surface area (Å²) in [6.45, 7) is 4.04. The molecule has 0 N–H and O–H groups in total. The maximum Gasteiger partial charge on any atom is 0.345 e. The van der Waals surface area contributed by atoms with Crippen LogP contribution in [0.3, 0.4) is 0 Å². The number of amides is 1. The fraction of sp³-hybridized carbons (Fsp3) is 0.429. The summed E-state index contributed by atoms with van der Waals surface area (Å²) in [5.74, 6) is 1.33. The number of nitrogens with zero attached hydrogens (tertiary/aromatic N) is 6. The van der Waals surface area contributed by atoms with Gasteiger partial charge in [-0.1, -0.05) is 6.07 Å². The summed E-state index contributed by atoms with van der Waals surface area (Å²) in [5.41, 5.74) is 1.50. The van der Waals surface area contributed by atoms with E-state index in [9.17, 15) is 9.59 Å². The standard InChI is InChI=1S/C21H26N6O2/c1-3-26-19(23-24(2)21(26)29)14-16-8-12-25(13-9-16)20(28)17-6-4-7-18(15-17)27-11-5-10-22-27/h4-7,10-11,15-16H,3,8-9,12-14H2,1-2H3. The zero-order valence-corrected chi connectivity index (χ0v) is 16.9. The van der Waals surface area contributed by atoms with Crippen LogP contribution in [0.2, 0.25) is 0 Å². The van der Waals surface area contributed by atoms with Crippen LogP contribution < -0.4 is 5.69 Å². The fourth-order valence-electron chi connectivity index (χ4n) is 4.01. The number of rotatable bonds is 5. The first kappa shape index (κ1) is 19.2. The Hall–Kier alpha value is -3.16. The van der Waals surface area contributed by atoms with Crippen molar-refractivity contribution in [3.05, 3.63) is 64.6 Å². The molecule has 4 rings (SSSR count). The average Bonchev–Trinajstić information content (AvgIpc) is 3.37. The Morgan fingerprint density at radius 2 is 2.00 bits per heavy atom. The summed E-state index contributed by atoms with van der Waals surface area (Å²) in [6.07, 6.45) is 6.19. The van der Waals surface area contributed by atoms with Crippen molar-refractivity contribution in [1.29, 1.82) is 0 Å². The molecule has 0 atom stereocenters. The van der Waals surface area contributed by atoms with E-state index in [0.717, 1.165) is 43.9 Å². The zero-order valence-electron chi connectivity index (χ0n) is 16.9. The Balaban J connectivity index is 1.40. The molecule has 3 aromatic rings. The largest absolute Gasteiger partial charge is 0.345 e. The van der Waals surface area contributed by atoms with Crippen LogP contribution in [0.4, 0.5) is 0 Å². The molecule has 1 aliphatic rings. The Morgan fingerprint density at radius 3 is 2.69 bits per heavy atom. The van der Waals surface area contributed by atoms with E-state index in [1.165, 1.54) is 4.68 Å². The zero-order chi connectivity index (χ0) is 20.4. The molecule has 152 valence electrons. The lowest BCUT2D eigenvalue weighted by Gasteiger charge is -2.32. The van der Waals surface area contributed by atoms with Crippen molar-refractivity contribution in [2.45, 2.75) is 32.7 Å². The molecular weight excluding hydrogens is 368 g/mol. The van der Waals surface area contributed by atoms with E-state index in [-0.39, 0.29) is 11.6 Å². The number of aryl methyl sites for hydroxylation is 1. The first-order valence-corrected chi connectivity index (χ1v) is 10.1. The summed E-state index contributed by atoms with van der Waals surface area (Å²) in [7, 11) is 1.69. The molecule has 0 aliphatic carbocycles. The van der Waals surface area contributed by atoms with Crippen molar-refractivity contribution >= 4 is 5.91 Å². The van der Waals surface area contributed by atoms with Crippen LogP contribution in [0.15, 0.2) is 47.5 Å². The first-order chi connectivity index (χ1) is 14.1. The molecule has 8 nitrogen and oxygen atoms in total. The van der Waals surface area contributed by atoms with Gasteiger partial charge in [0.1, 0.15) is 5.82 Å². The quantitative estimate of drug-likeness (QED) is 0.662. The second kappa shape index (κ2) is 8.06. The van der Waals surface area contributed by atoms with Gasteiger partial charge < -0.3 is 4.90 Å². The predicted molar refractivity (Wildman–Crippen MR) is 109 cm³/mol. The van der Waals surface area contributed by atoms with Crippen molar-refractivity contribution in [3.8, 4) is 5.69 Å². The molecular formula is C21H26N6O2. The molecule has 29 heavy (non-hydrogen) atoms. The lowest BCUT2D eigenvalue weighted by molar-refractivity contribution is 0.0689. The normalized spacial score (nSPS) is 15.0. The molecule has 0 saturated carbocycles. The minimum absolute atomic E-state index is 0.0563. The second-order valence-corrected chi connectivity index (χ2v) is 7.51. The minimum atomic E-state index is -0.0628. The third-order valence-corrected chi connectivity index (χ3v) is 5.64. The van der Waals surface area contributed by atoms with Gasteiger partial charge in [-0.25, -0.2) is 14.2 Å². The summed E-state index contributed by atoms with van der Waals surface area (Å²) in [5, 5.41) is 8.62. The highest BCUT2D eigenvalue weighted by Crippen LogP contribution is 2.22. The van der Waals surface area contributed by atoms with Crippen molar-refractivity contribution in [1.82, 2.24) is 29.0 Å². The van der Waals surface area contributed by atoms with Gasteiger partial charge in [-0.2, -0.15) is 10.2 Å². The van der Waals surface area contributed by atoms with Gasteiger partial charge in [0, 0.05) is 51.1 Å². The molecule has 8 heteroatoms. The van der Waals surface area contributed by atoms with E-state index in [0.29, 0.717) is 18.0 Å². The number of likely N-dealkylation sites (tertiary alicyclic amines) is 1. The van der Waals surface area contributed by atoms with Gasteiger partial charge in [-0.05, 0) is 49.9 Å². The highest BCUT2D eigenvalue weighted by Gasteiger charge is 2.25. The lowest BCUT2D eigenvalue weighted by Crippen LogP contribution is -2.39. The van der Waals surface area contributed by atoms with E-state index in [4.69, 9.17) is 0 Å². The van der Waals surface area contributed by atoms with Gasteiger partial charge in [-0.15, -0.1) is 0 Å². The summed E-state index contributed by atoms with van der Waals surface area (Å²) >= 11 is 0. The first-order valence-electron chi connectivity index (χ1n) is 10.1. The fourth-order valence-corrected chi connectivity index (χ4v) is 4.01. The maximum atomic E-state index is 13.0. The number of hydrogen-bond donors (Lipinski definition) is 0. The molecule has 3 heterocycles.